The Morgan fingerprint density at radius 2 is 1.64 bits per heavy atom. The van der Waals surface area contributed by atoms with Gasteiger partial charge in [-0.1, -0.05) is 42.5 Å². The van der Waals surface area contributed by atoms with Crippen molar-refractivity contribution in [3.05, 3.63) is 94.0 Å². The number of benzene rings is 3. The molecule has 5 heteroatoms. The quantitative estimate of drug-likeness (QED) is 0.541. The molecule has 0 unspecified atom stereocenters. The standard InChI is InChI=1S/C20H15N3O2/c21-13-15-6-8-17(9-7-15)18-10-11-20(23(24)25)19(12-18)22-14-16-4-2-1-3-5-16/h1-12,22H,14H2. The van der Waals surface area contributed by atoms with Crippen molar-refractivity contribution < 1.29 is 4.92 Å². The highest BCUT2D eigenvalue weighted by atomic mass is 16.6. The summed E-state index contributed by atoms with van der Waals surface area (Å²) in [5.41, 5.74) is 3.88. The van der Waals surface area contributed by atoms with Gasteiger partial charge in [-0.3, -0.25) is 10.1 Å². The second kappa shape index (κ2) is 7.28. The molecule has 1 N–H and O–H groups in total. The smallest absolute Gasteiger partial charge is 0.292 e. The number of nitriles is 1. The molecule has 25 heavy (non-hydrogen) atoms. The fraction of sp³-hybridized carbons (Fsp3) is 0.0500. The summed E-state index contributed by atoms with van der Waals surface area (Å²) in [6.07, 6.45) is 0. The second-order valence-electron chi connectivity index (χ2n) is 5.52. The lowest BCUT2D eigenvalue weighted by atomic mass is 10.0. The Balaban J connectivity index is 1.91. The van der Waals surface area contributed by atoms with Gasteiger partial charge in [0.1, 0.15) is 5.69 Å². The maximum atomic E-state index is 11.3. The van der Waals surface area contributed by atoms with Crippen LogP contribution in [0.25, 0.3) is 11.1 Å². The highest BCUT2D eigenvalue weighted by Crippen LogP contribution is 2.31. The van der Waals surface area contributed by atoms with Gasteiger partial charge in [0.15, 0.2) is 0 Å². The molecule has 0 aliphatic carbocycles. The van der Waals surface area contributed by atoms with Gasteiger partial charge in [-0.15, -0.1) is 0 Å². The van der Waals surface area contributed by atoms with Crippen molar-refractivity contribution in [3.8, 4) is 17.2 Å². The first-order chi connectivity index (χ1) is 12.2. The van der Waals surface area contributed by atoms with Crippen LogP contribution in [0.4, 0.5) is 11.4 Å². The summed E-state index contributed by atoms with van der Waals surface area (Å²) >= 11 is 0. The number of rotatable bonds is 5. The van der Waals surface area contributed by atoms with Crippen LogP contribution in [0, 0.1) is 21.4 Å². The van der Waals surface area contributed by atoms with E-state index in [9.17, 15) is 10.1 Å². The highest BCUT2D eigenvalue weighted by molar-refractivity contribution is 5.74. The van der Waals surface area contributed by atoms with Crippen LogP contribution >= 0.6 is 0 Å². The van der Waals surface area contributed by atoms with Crippen LogP contribution < -0.4 is 5.32 Å². The molecule has 0 saturated heterocycles. The van der Waals surface area contributed by atoms with E-state index in [0.717, 1.165) is 16.7 Å². The van der Waals surface area contributed by atoms with Gasteiger partial charge >= 0.3 is 0 Å². The Morgan fingerprint density at radius 3 is 2.28 bits per heavy atom. The maximum absolute atomic E-state index is 11.3. The molecule has 3 aromatic carbocycles. The zero-order valence-electron chi connectivity index (χ0n) is 13.3. The second-order valence-corrected chi connectivity index (χ2v) is 5.52. The molecular formula is C20H15N3O2. The Morgan fingerprint density at radius 1 is 0.960 bits per heavy atom. The lowest BCUT2D eigenvalue weighted by molar-refractivity contribution is -0.384. The minimum Gasteiger partial charge on any atom is -0.375 e. The van der Waals surface area contributed by atoms with Gasteiger partial charge in [-0.25, -0.2) is 0 Å². The highest BCUT2D eigenvalue weighted by Gasteiger charge is 2.14. The van der Waals surface area contributed by atoms with Gasteiger partial charge in [-0.2, -0.15) is 5.26 Å². The molecule has 0 fully saturated rings. The van der Waals surface area contributed by atoms with Crippen molar-refractivity contribution in [2.24, 2.45) is 0 Å². The first-order valence-electron chi connectivity index (χ1n) is 7.74. The molecule has 0 heterocycles. The summed E-state index contributed by atoms with van der Waals surface area (Å²) in [5, 5.41) is 23.3. The van der Waals surface area contributed by atoms with E-state index in [1.165, 1.54) is 6.07 Å². The normalized spacial score (nSPS) is 10.0. The number of nitrogens with zero attached hydrogens (tertiary/aromatic N) is 2. The summed E-state index contributed by atoms with van der Waals surface area (Å²) < 4.78 is 0. The number of hydrogen-bond acceptors (Lipinski definition) is 4. The fourth-order valence-electron chi connectivity index (χ4n) is 2.55. The molecule has 0 spiro atoms. The summed E-state index contributed by atoms with van der Waals surface area (Å²) in [6.45, 7) is 0.499. The Kier molecular flexibility index (Phi) is 4.72. The number of nitro groups is 1. The average molecular weight is 329 g/mol. The molecule has 3 aromatic rings. The van der Waals surface area contributed by atoms with Crippen LogP contribution in [0.15, 0.2) is 72.8 Å². The molecular weight excluding hydrogens is 314 g/mol. The van der Waals surface area contributed by atoms with Crippen molar-refractivity contribution >= 4 is 11.4 Å². The van der Waals surface area contributed by atoms with Crippen LogP contribution in [-0.4, -0.2) is 4.92 Å². The summed E-state index contributed by atoms with van der Waals surface area (Å²) in [6, 6.07) is 23.9. The third-order valence-electron chi connectivity index (χ3n) is 3.87. The van der Waals surface area contributed by atoms with E-state index in [2.05, 4.69) is 11.4 Å². The Labute approximate surface area is 145 Å². The van der Waals surface area contributed by atoms with Crippen molar-refractivity contribution in [2.75, 3.05) is 5.32 Å². The van der Waals surface area contributed by atoms with Crippen LogP contribution in [0.2, 0.25) is 0 Å². The van der Waals surface area contributed by atoms with E-state index in [4.69, 9.17) is 5.26 Å². The third kappa shape index (κ3) is 3.82. The van der Waals surface area contributed by atoms with Crippen molar-refractivity contribution in [3.63, 3.8) is 0 Å². The molecule has 0 bridgehead atoms. The summed E-state index contributed by atoms with van der Waals surface area (Å²) in [5.74, 6) is 0. The molecule has 122 valence electrons. The topological polar surface area (TPSA) is 79.0 Å². The SMILES string of the molecule is N#Cc1ccc(-c2ccc([N+](=O)[O-])c(NCc3ccccc3)c2)cc1. The molecule has 0 aliphatic rings. The average Bonchev–Trinajstić information content (AvgIpc) is 2.67. The molecule has 0 aromatic heterocycles. The van der Waals surface area contributed by atoms with Gasteiger partial charge in [0, 0.05) is 12.6 Å². The predicted octanol–water partition coefficient (Wildman–Crippen LogP) is 4.75. The van der Waals surface area contributed by atoms with Crippen LogP contribution in [-0.2, 0) is 6.54 Å². The van der Waals surface area contributed by atoms with Gasteiger partial charge < -0.3 is 5.32 Å². The van der Waals surface area contributed by atoms with Crippen LogP contribution in [0.1, 0.15) is 11.1 Å². The van der Waals surface area contributed by atoms with Crippen molar-refractivity contribution in [1.29, 1.82) is 5.26 Å². The van der Waals surface area contributed by atoms with E-state index in [-0.39, 0.29) is 5.69 Å². The van der Waals surface area contributed by atoms with E-state index < -0.39 is 4.92 Å². The summed E-state index contributed by atoms with van der Waals surface area (Å²) in [7, 11) is 0. The molecule has 5 nitrogen and oxygen atoms in total. The maximum Gasteiger partial charge on any atom is 0.292 e. The molecule has 3 rings (SSSR count). The number of nitro benzene ring substituents is 1. The molecule has 0 radical (unpaired) electrons. The monoisotopic (exact) mass is 329 g/mol. The number of nitrogens with one attached hydrogen (secondary N) is 1. The minimum atomic E-state index is -0.393. The first kappa shape index (κ1) is 16.2. The fourth-order valence-corrected chi connectivity index (χ4v) is 2.55. The zero-order chi connectivity index (χ0) is 17.6. The Hall–Kier alpha value is -3.65. The van der Waals surface area contributed by atoms with E-state index in [0.29, 0.717) is 17.8 Å². The third-order valence-corrected chi connectivity index (χ3v) is 3.87. The van der Waals surface area contributed by atoms with Crippen LogP contribution in [0.5, 0.6) is 0 Å². The van der Waals surface area contributed by atoms with Gasteiger partial charge in [0.05, 0.1) is 16.6 Å². The molecule has 0 aliphatic heterocycles. The summed E-state index contributed by atoms with van der Waals surface area (Å²) in [4.78, 5) is 10.9. The van der Waals surface area contributed by atoms with Gasteiger partial charge in [0.2, 0.25) is 0 Å². The first-order valence-corrected chi connectivity index (χ1v) is 7.74. The van der Waals surface area contributed by atoms with Crippen LogP contribution in [0.3, 0.4) is 0 Å². The lowest BCUT2D eigenvalue weighted by Gasteiger charge is -2.10. The largest absolute Gasteiger partial charge is 0.375 e. The molecule has 0 saturated carbocycles. The minimum absolute atomic E-state index is 0.0355. The zero-order valence-corrected chi connectivity index (χ0v) is 13.3. The van der Waals surface area contributed by atoms with Gasteiger partial charge in [0.25, 0.3) is 5.69 Å². The van der Waals surface area contributed by atoms with Crippen molar-refractivity contribution in [2.45, 2.75) is 6.54 Å². The Bertz CT molecular complexity index is 929. The van der Waals surface area contributed by atoms with Gasteiger partial charge in [-0.05, 0) is 41.0 Å². The van der Waals surface area contributed by atoms with E-state index >= 15 is 0 Å². The van der Waals surface area contributed by atoms with E-state index in [1.54, 1.807) is 24.3 Å². The van der Waals surface area contributed by atoms with E-state index in [1.807, 2.05) is 42.5 Å². The number of anilines is 1. The molecule has 0 amide bonds. The van der Waals surface area contributed by atoms with Crippen molar-refractivity contribution in [1.82, 2.24) is 0 Å². The molecule has 0 atom stereocenters. The number of hydrogen-bond donors (Lipinski definition) is 1. The predicted molar refractivity (Wildman–Crippen MR) is 97.0 cm³/mol. The lowest BCUT2D eigenvalue weighted by Crippen LogP contribution is -2.02.